The summed E-state index contributed by atoms with van der Waals surface area (Å²) in [5.74, 6) is 1.49. The lowest BCUT2D eigenvalue weighted by Crippen LogP contribution is -2.60. The molecule has 2 N–H and O–H groups in total. The molecule has 0 aromatic rings. The topological polar surface area (TPSA) is 38.5 Å². The van der Waals surface area contributed by atoms with Crippen LogP contribution in [0.15, 0.2) is 0 Å². The Kier molecular flexibility index (Phi) is 7.66. The molecular weight excluding hydrogens is 260 g/mol. The zero-order valence-electron chi connectivity index (χ0n) is 15.2. The maximum Gasteiger partial charge on any atom is 0.0568 e. The van der Waals surface area contributed by atoms with Crippen LogP contribution in [0.2, 0.25) is 0 Å². The molecule has 3 nitrogen and oxygen atoms in total. The van der Waals surface area contributed by atoms with Crippen LogP contribution >= 0.6 is 0 Å². The van der Waals surface area contributed by atoms with E-state index in [0.717, 1.165) is 31.2 Å². The van der Waals surface area contributed by atoms with Gasteiger partial charge in [0.25, 0.3) is 0 Å². The molecule has 0 aromatic carbocycles. The SMILES string of the molecule is CC(C)CCN(CCC(C)C)C1(CN)CC(C)OC(C)C1. The van der Waals surface area contributed by atoms with E-state index < -0.39 is 0 Å². The second kappa shape index (κ2) is 8.50. The van der Waals surface area contributed by atoms with Crippen LogP contribution in [0.4, 0.5) is 0 Å². The Morgan fingerprint density at radius 2 is 1.43 bits per heavy atom. The third-order valence-electron chi connectivity index (χ3n) is 4.80. The largest absolute Gasteiger partial charge is 0.375 e. The molecule has 21 heavy (non-hydrogen) atoms. The van der Waals surface area contributed by atoms with Crippen molar-refractivity contribution in [2.75, 3.05) is 19.6 Å². The molecule has 0 aliphatic carbocycles. The van der Waals surface area contributed by atoms with Gasteiger partial charge in [-0.05, 0) is 64.5 Å². The second-order valence-electron chi connectivity index (χ2n) is 7.95. The molecule has 0 saturated carbocycles. The predicted octanol–water partition coefficient (Wildman–Crippen LogP) is 3.67. The van der Waals surface area contributed by atoms with Crippen LogP contribution in [0.3, 0.4) is 0 Å². The van der Waals surface area contributed by atoms with Crippen LogP contribution < -0.4 is 5.73 Å². The molecule has 1 heterocycles. The average molecular weight is 299 g/mol. The maximum absolute atomic E-state index is 6.28. The van der Waals surface area contributed by atoms with E-state index in [1.54, 1.807) is 0 Å². The summed E-state index contributed by atoms with van der Waals surface area (Å²) in [5, 5.41) is 0. The van der Waals surface area contributed by atoms with Crippen molar-refractivity contribution in [2.24, 2.45) is 17.6 Å². The van der Waals surface area contributed by atoms with Crippen molar-refractivity contribution in [1.82, 2.24) is 4.90 Å². The van der Waals surface area contributed by atoms with Crippen molar-refractivity contribution in [1.29, 1.82) is 0 Å². The van der Waals surface area contributed by atoms with E-state index in [1.807, 2.05) is 0 Å². The normalized spacial score (nSPS) is 30.6. The smallest absolute Gasteiger partial charge is 0.0568 e. The highest BCUT2D eigenvalue weighted by atomic mass is 16.5. The van der Waals surface area contributed by atoms with Gasteiger partial charge in [0.05, 0.1) is 12.2 Å². The number of ether oxygens (including phenoxy) is 1. The van der Waals surface area contributed by atoms with Gasteiger partial charge in [0.2, 0.25) is 0 Å². The minimum atomic E-state index is 0.140. The van der Waals surface area contributed by atoms with Gasteiger partial charge in [-0.1, -0.05) is 27.7 Å². The van der Waals surface area contributed by atoms with Gasteiger partial charge < -0.3 is 10.5 Å². The number of nitrogens with zero attached hydrogens (tertiary/aromatic N) is 1. The van der Waals surface area contributed by atoms with E-state index in [9.17, 15) is 0 Å². The fourth-order valence-corrected chi connectivity index (χ4v) is 3.61. The zero-order valence-corrected chi connectivity index (χ0v) is 15.2. The fourth-order valence-electron chi connectivity index (χ4n) is 3.61. The highest BCUT2D eigenvalue weighted by Gasteiger charge is 2.41. The average Bonchev–Trinajstić information content (AvgIpc) is 2.36. The molecule has 2 atom stereocenters. The first-order valence-corrected chi connectivity index (χ1v) is 8.89. The molecule has 0 amide bonds. The van der Waals surface area contributed by atoms with Crippen LogP contribution in [-0.4, -0.2) is 42.3 Å². The molecule has 1 aliphatic heterocycles. The predicted molar refractivity (Wildman–Crippen MR) is 91.5 cm³/mol. The molecular formula is C18H38N2O. The quantitative estimate of drug-likeness (QED) is 0.743. The number of rotatable bonds is 8. The Balaban J connectivity index is 2.83. The van der Waals surface area contributed by atoms with Crippen molar-refractivity contribution in [3.63, 3.8) is 0 Å². The zero-order chi connectivity index (χ0) is 16.0. The van der Waals surface area contributed by atoms with E-state index >= 15 is 0 Å². The molecule has 0 radical (unpaired) electrons. The van der Waals surface area contributed by atoms with Gasteiger partial charge in [-0.3, -0.25) is 4.90 Å². The Morgan fingerprint density at radius 3 is 1.76 bits per heavy atom. The first-order valence-electron chi connectivity index (χ1n) is 8.89. The molecule has 0 aromatic heterocycles. The summed E-state index contributed by atoms with van der Waals surface area (Å²) in [6.45, 7) is 16.7. The van der Waals surface area contributed by atoms with Crippen LogP contribution in [0.1, 0.15) is 67.2 Å². The summed E-state index contributed by atoms with van der Waals surface area (Å²) in [4.78, 5) is 2.70. The van der Waals surface area contributed by atoms with Gasteiger partial charge in [0.1, 0.15) is 0 Å². The Morgan fingerprint density at radius 1 is 1.00 bits per heavy atom. The highest BCUT2D eigenvalue weighted by Crippen LogP contribution is 2.34. The van der Waals surface area contributed by atoms with Crippen molar-refractivity contribution >= 4 is 0 Å². The van der Waals surface area contributed by atoms with Crippen LogP contribution in [0, 0.1) is 11.8 Å². The first kappa shape index (κ1) is 18.9. The third kappa shape index (κ3) is 5.88. The van der Waals surface area contributed by atoms with Crippen LogP contribution in [0.25, 0.3) is 0 Å². The summed E-state index contributed by atoms with van der Waals surface area (Å²) in [5.41, 5.74) is 6.42. The summed E-state index contributed by atoms with van der Waals surface area (Å²) in [6, 6.07) is 0. The van der Waals surface area contributed by atoms with Gasteiger partial charge in [0, 0.05) is 12.1 Å². The molecule has 1 rings (SSSR count). The molecule has 1 saturated heterocycles. The standard InChI is InChI=1S/C18H38N2O/c1-14(2)7-9-20(10-8-15(3)4)18(13-19)11-16(5)21-17(6)12-18/h14-17H,7-13,19H2,1-6H3. The molecule has 2 unspecified atom stereocenters. The molecule has 126 valence electrons. The Hall–Kier alpha value is -0.120. The minimum Gasteiger partial charge on any atom is -0.375 e. The number of hydrogen-bond acceptors (Lipinski definition) is 3. The van der Waals surface area contributed by atoms with Crippen molar-refractivity contribution < 1.29 is 4.74 Å². The molecule has 0 bridgehead atoms. The van der Waals surface area contributed by atoms with Crippen LogP contribution in [-0.2, 0) is 4.74 Å². The van der Waals surface area contributed by atoms with Gasteiger partial charge >= 0.3 is 0 Å². The van der Waals surface area contributed by atoms with E-state index in [4.69, 9.17) is 10.5 Å². The summed E-state index contributed by atoms with van der Waals surface area (Å²) >= 11 is 0. The second-order valence-corrected chi connectivity index (χ2v) is 7.95. The van der Waals surface area contributed by atoms with Crippen molar-refractivity contribution in [3.8, 4) is 0 Å². The van der Waals surface area contributed by atoms with Gasteiger partial charge in [-0.15, -0.1) is 0 Å². The monoisotopic (exact) mass is 298 g/mol. The molecule has 1 fully saturated rings. The van der Waals surface area contributed by atoms with E-state index in [0.29, 0.717) is 12.2 Å². The highest BCUT2D eigenvalue weighted by molar-refractivity contribution is 4.97. The summed E-state index contributed by atoms with van der Waals surface area (Å²) < 4.78 is 5.96. The van der Waals surface area contributed by atoms with E-state index in [-0.39, 0.29) is 5.54 Å². The number of nitrogens with two attached hydrogens (primary N) is 1. The lowest BCUT2D eigenvalue weighted by atomic mass is 9.81. The van der Waals surface area contributed by atoms with Gasteiger partial charge in [0.15, 0.2) is 0 Å². The maximum atomic E-state index is 6.28. The van der Waals surface area contributed by atoms with Gasteiger partial charge in [-0.25, -0.2) is 0 Å². The molecule has 3 heteroatoms. The van der Waals surface area contributed by atoms with Crippen molar-refractivity contribution in [3.05, 3.63) is 0 Å². The Labute approximate surface area is 132 Å². The number of hydrogen-bond donors (Lipinski definition) is 1. The molecule has 1 aliphatic rings. The van der Waals surface area contributed by atoms with Gasteiger partial charge in [-0.2, -0.15) is 0 Å². The summed E-state index contributed by atoms with van der Waals surface area (Å²) in [6.07, 6.45) is 5.29. The van der Waals surface area contributed by atoms with E-state index in [1.165, 1.54) is 25.9 Å². The lowest BCUT2D eigenvalue weighted by Gasteiger charge is -2.50. The van der Waals surface area contributed by atoms with E-state index in [2.05, 4.69) is 46.4 Å². The fraction of sp³-hybridized carbons (Fsp3) is 1.00. The van der Waals surface area contributed by atoms with Crippen LogP contribution in [0.5, 0.6) is 0 Å². The lowest BCUT2D eigenvalue weighted by molar-refractivity contribution is -0.104. The summed E-state index contributed by atoms with van der Waals surface area (Å²) in [7, 11) is 0. The molecule has 0 spiro atoms. The first-order chi connectivity index (χ1) is 9.79. The van der Waals surface area contributed by atoms with Crippen molar-refractivity contribution in [2.45, 2.75) is 85.0 Å². The minimum absolute atomic E-state index is 0.140. The third-order valence-corrected chi connectivity index (χ3v) is 4.80. The Bertz CT molecular complexity index is 269.